The van der Waals surface area contributed by atoms with Gasteiger partial charge in [-0.2, -0.15) is 8.42 Å². The van der Waals surface area contributed by atoms with Crippen LogP contribution in [0.25, 0.3) is 0 Å². The molecule has 0 spiro atoms. The third kappa shape index (κ3) is 12.5. The van der Waals surface area contributed by atoms with E-state index in [9.17, 15) is 21.6 Å². The molecule has 7 heteroatoms. The number of hydrogen-bond donors (Lipinski definition) is 1. The fourth-order valence-corrected chi connectivity index (χ4v) is 2.42. The Bertz CT molecular complexity index is 309. The molecule has 0 aromatic carbocycles. The molecule has 2 unspecified atom stereocenters. The molecule has 0 heterocycles. The van der Waals surface area contributed by atoms with Crippen LogP contribution in [0, 0.1) is 0 Å². The Morgan fingerprint density at radius 3 is 1.79 bits per heavy atom. The molecular formula is C12H23F3O3S. The highest BCUT2D eigenvalue weighted by Gasteiger charge is 2.25. The van der Waals surface area contributed by atoms with E-state index in [0.29, 0.717) is 12.8 Å². The molecule has 0 radical (unpaired) electrons. The normalized spacial score (nSPS) is 15.4. The summed E-state index contributed by atoms with van der Waals surface area (Å²) in [4.78, 5) is 0. The summed E-state index contributed by atoms with van der Waals surface area (Å²) in [7, 11) is -4.46. The van der Waals surface area contributed by atoms with E-state index >= 15 is 0 Å². The lowest BCUT2D eigenvalue weighted by Crippen LogP contribution is -2.26. The van der Waals surface area contributed by atoms with Gasteiger partial charge in [-0.1, -0.05) is 38.5 Å². The van der Waals surface area contributed by atoms with E-state index in [0.717, 1.165) is 32.1 Å². The molecule has 0 saturated carbocycles. The van der Waals surface area contributed by atoms with E-state index in [1.165, 1.54) is 0 Å². The van der Waals surface area contributed by atoms with Crippen LogP contribution < -0.4 is 0 Å². The summed E-state index contributed by atoms with van der Waals surface area (Å²) in [5.74, 6) is -1.18. The van der Waals surface area contributed by atoms with E-state index < -0.39 is 28.2 Å². The van der Waals surface area contributed by atoms with Crippen LogP contribution >= 0.6 is 0 Å². The van der Waals surface area contributed by atoms with Crippen LogP contribution in [-0.4, -0.2) is 37.7 Å². The lowest BCUT2D eigenvalue weighted by molar-refractivity contribution is 0.169. The van der Waals surface area contributed by atoms with Crippen LogP contribution in [0.3, 0.4) is 0 Å². The maximum Gasteiger partial charge on any atom is 0.267 e. The molecule has 0 saturated heterocycles. The summed E-state index contributed by atoms with van der Waals surface area (Å²) in [5.41, 5.74) is 0. The predicted molar refractivity (Wildman–Crippen MR) is 69.1 cm³/mol. The molecule has 0 aliphatic carbocycles. The van der Waals surface area contributed by atoms with Crippen LogP contribution in [0.1, 0.15) is 51.4 Å². The predicted octanol–water partition coefficient (Wildman–Crippen LogP) is 3.64. The quantitative estimate of drug-likeness (QED) is 0.442. The fraction of sp³-hybridized carbons (Fsp3) is 1.00. The van der Waals surface area contributed by atoms with Gasteiger partial charge in [0.2, 0.25) is 0 Å². The van der Waals surface area contributed by atoms with Gasteiger partial charge < -0.3 is 0 Å². The molecule has 0 aliphatic heterocycles. The Morgan fingerprint density at radius 2 is 1.32 bits per heavy atom. The molecule has 0 fully saturated rings. The van der Waals surface area contributed by atoms with Gasteiger partial charge in [0.1, 0.15) is 18.1 Å². The van der Waals surface area contributed by atoms with Crippen LogP contribution in [0.4, 0.5) is 13.2 Å². The molecule has 0 amide bonds. The van der Waals surface area contributed by atoms with E-state index in [4.69, 9.17) is 4.55 Å². The molecule has 19 heavy (non-hydrogen) atoms. The first-order valence-electron chi connectivity index (χ1n) is 6.66. The van der Waals surface area contributed by atoms with E-state index in [1.807, 2.05) is 0 Å². The molecular weight excluding hydrogens is 281 g/mol. The summed E-state index contributed by atoms with van der Waals surface area (Å²) in [5, 5.41) is 0. The number of hydrogen-bond acceptors (Lipinski definition) is 2. The summed E-state index contributed by atoms with van der Waals surface area (Å²) in [6.07, 6.45) is 1.36. The van der Waals surface area contributed by atoms with Crippen molar-refractivity contribution in [1.29, 1.82) is 0 Å². The molecule has 0 bridgehead atoms. The zero-order valence-electron chi connectivity index (χ0n) is 11.0. The topological polar surface area (TPSA) is 54.4 Å². The van der Waals surface area contributed by atoms with Crippen molar-refractivity contribution < 1.29 is 26.1 Å². The number of halogens is 3. The minimum absolute atomic E-state index is 0.0405. The Labute approximate surface area is 113 Å². The smallest absolute Gasteiger partial charge is 0.267 e. The largest absolute Gasteiger partial charge is 0.285 e. The second-order valence-corrected chi connectivity index (χ2v) is 6.23. The van der Waals surface area contributed by atoms with Gasteiger partial charge in [-0.3, -0.25) is 8.94 Å². The van der Waals surface area contributed by atoms with Gasteiger partial charge in [-0.25, -0.2) is 8.78 Å². The van der Waals surface area contributed by atoms with Crippen LogP contribution in [-0.2, 0) is 10.1 Å². The van der Waals surface area contributed by atoms with E-state index in [2.05, 4.69) is 0 Å². The van der Waals surface area contributed by atoms with Gasteiger partial charge in [0.05, 0.1) is 6.67 Å². The summed E-state index contributed by atoms with van der Waals surface area (Å²) >= 11 is 0. The molecule has 0 aliphatic rings. The van der Waals surface area contributed by atoms with Crippen LogP contribution in [0.5, 0.6) is 0 Å². The van der Waals surface area contributed by atoms with Crippen LogP contribution in [0.2, 0.25) is 0 Å². The van der Waals surface area contributed by atoms with Gasteiger partial charge in [-0.05, 0) is 12.8 Å². The van der Waals surface area contributed by atoms with Crippen molar-refractivity contribution in [3.05, 3.63) is 0 Å². The van der Waals surface area contributed by atoms with Gasteiger partial charge in [-0.15, -0.1) is 0 Å². The third-order valence-corrected chi connectivity index (χ3v) is 3.62. The van der Waals surface area contributed by atoms with E-state index in [-0.39, 0.29) is 13.1 Å². The molecule has 1 N–H and O–H groups in total. The minimum Gasteiger partial charge on any atom is -0.285 e. The van der Waals surface area contributed by atoms with Crippen molar-refractivity contribution in [2.24, 2.45) is 0 Å². The van der Waals surface area contributed by atoms with Crippen molar-refractivity contribution in [2.75, 3.05) is 12.4 Å². The minimum atomic E-state index is -4.46. The second kappa shape index (κ2) is 10.5. The van der Waals surface area contributed by atoms with Gasteiger partial charge in [0, 0.05) is 0 Å². The highest BCUT2D eigenvalue weighted by Crippen LogP contribution is 2.16. The Hall–Kier alpha value is -0.300. The first-order chi connectivity index (χ1) is 8.87. The highest BCUT2D eigenvalue weighted by atomic mass is 32.2. The van der Waals surface area contributed by atoms with Crippen molar-refractivity contribution in [2.45, 2.75) is 63.7 Å². The SMILES string of the molecule is O=S(=O)(O)CC(F)C(F)CCCCCCCCCF. The molecule has 0 aromatic heterocycles. The zero-order chi connectivity index (χ0) is 14.7. The summed E-state index contributed by atoms with van der Waals surface area (Å²) < 4.78 is 67.2. The molecule has 0 aromatic rings. The van der Waals surface area contributed by atoms with Crippen molar-refractivity contribution in [3.8, 4) is 0 Å². The number of alkyl halides is 3. The average molecular weight is 304 g/mol. The van der Waals surface area contributed by atoms with Gasteiger partial charge in [0.25, 0.3) is 10.1 Å². The zero-order valence-corrected chi connectivity index (χ0v) is 11.8. The second-order valence-electron chi connectivity index (χ2n) is 4.73. The number of rotatable bonds is 12. The molecule has 2 atom stereocenters. The van der Waals surface area contributed by atoms with Gasteiger partial charge >= 0.3 is 0 Å². The number of unbranched alkanes of at least 4 members (excludes halogenated alkanes) is 6. The highest BCUT2D eigenvalue weighted by molar-refractivity contribution is 7.85. The van der Waals surface area contributed by atoms with Gasteiger partial charge in [0.15, 0.2) is 0 Å². The van der Waals surface area contributed by atoms with Crippen molar-refractivity contribution in [1.82, 2.24) is 0 Å². The molecule has 3 nitrogen and oxygen atoms in total. The van der Waals surface area contributed by atoms with Crippen molar-refractivity contribution in [3.63, 3.8) is 0 Å². The van der Waals surface area contributed by atoms with Crippen molar-refractivity contribution >= 4 is 10.1 Å². The molecule has 0 rings (SSSR count). The average Bonchev–Trinajstić information content (AvgIpc) is 2.30. The molecule has 116 valence electrons. The maximum absolute atomic E-state index is 13.2. The lowest BCUT2D eigenvalue weighted by atomic mass is 10.1. The maximum atomic E-state index is 13.2. The Kier molecular flexibility index (Phi) is 10.3. The standard InChI is InChI=1S/C12H23F3O3S/c13-9-7-5-3-1-2-4-6-8-11(14)12(15)10-19(16,17)18/h11-12H,1-10H2,(H,16,17,18). The fourth-order valence-electron chi connectivity index (χ4n) is 1.80. The Balaban J connectivity index is 3.50. The lowest BCUT2D eigenvalue weighted by Gasteiger charge is -2.11. The first-order valence-corrected chi connectivity index (χ1v) is 8.27. The first kappa shape index (κ1) is 18.7. The Morgan fingerprint density at radius 1 is 0.842 bits per heavy atom. The third-order valence-electron chi connectivity index (χ3n) is 2.88. The monoisotopic (exact) mass is 304 g/mol. The summed E-state index contributed by atoms with van der Waals surface area (Å²) in [6.45, 7) is -0.296. The summed E-state index contributed by atoms with van der Waals surface area (Å²) in [6, 6.07) is 0. The van der Waals surface area contributed by atoms with Crippen LogP contribution in [0.15, 0.2) is 0 Å². The van der Waals surface area contributed by atoms with E-state index in [1.54, 1.807) is 0 Å².